The predicted molar refractivity (Wildman–Crippen MR) is 131 cm³/mol. The van der Waals surface area contributed by atoms with Crippen LogP contribution in [0.4, 0.5) is 0 Å². The Morgan fingerprint density at radius 3 is 2.53 bits per heavy atom. The summed E-state index contributed by atoms with van der Waals surface area (Å²) in [5, 5.41) is 3.08. The summed E-state index contributed by atoms with van der Waals surface area (Å²) in [4.78, 5) is 28.0. The van der Waals surface area contributed by atoms with Crippen molar-refractivity contribution in [3.63, 3.8) is 0 Å². The van der Waals surface area contributed by atoms with Crippen LogP contribution in [0.1, 0.15) is 32.6 Å². The van der Waals surface area contributed by atoms with Gasteiger partial charge in [-0.25, -0.2) is 0 Å². The van der Waals surface area contributed by atoms with E-state index in [1.807, 2.05) is 48.5 Å². The van der Waals surface area contributed by atoms with Crippen LogP contribution < -0.4 is 5.32 Å². The molecular weight excluding hydrogens is 416 g/mol. The lowest BCUT2D eigenvalue weighted by Crippen LogP contribution is -2.49. The Kier molecular flexibility index (Phi) is 7.28. The molecule has 5 heteroatoms. The molecule has 0 saturated heterocycles. The van der Waals surface area contributed by atoms with Crippen LogP contribution in [0.5, 0.6) is 0 Å². The van der Waals surface area contributed by atoms with Gasteiger partial charge in [0.2, 0.25) is 5.91 Å². The van der Waals surface area contributed by atoms with E-state index in [0.717, 1.165) is 17.7 Å². The normalized spacial score (nSPS) is 13.7. The van der Waals surface area contributed by atoms with Gasteiger partial charge in [0.05, 0.1) is 0 Å². The topological polar surface area (TPSA) is 49.4 Å². The highest BCUT2D eigenvalue weighted by atomic mass is 32.2. The summed E-state index contributed by atoms with van der Waals surface area (Å²) in [5.74, 6) is 1.23. The lowest BCUT2D eigenvalue weighted by atomic mass is 10.1. The molecule has 0 radical (unpaired) electrons. The molecule has 4 rings (SSSR count). The third kappa shape index (κ3) is 5.40. The second-order valence-corrected chi connectivity index (χ2v) is 9.17. The number of carbonyl (C=O) groups excluding carboxylic acids is 2. The Morgan fingerprint density at radius 2 is 1.75 bits per heavy atom. The quantitative estimate of drug-likeness (QED) is 0.524. The minimum Gasteiger partial charge on any atom is -0.354 e. The Bertz CT molecular complexity index is 1080. The Morgan fingerprint density at radius 1 is 1.00 bits per heavy atom. The number of thioether (sulfide) groups is 1. The molecule has 0 saturated carbocycles. The van der Waals surface area contributed by atoms with Crippen LogP contribution in [0, 0.1) is 6.92 Å². The minimum atomic E-state index is -0.499. The van der Waals surface area contributed by atoms with E-state index >= 15 is 0 Å². The van der Waals surface area contributed by atoms with Crippen molar-refractivity contribution >= 4 is 23.6 Å². The summed E-state index contributed by atoms with van der Waals surface area (Å²) in [5.41, 5.74) is 5.32. The molecule has 1 aliphatic heterocycles. The zero-order valence-electron chi connectivity index (χ0n) is 18.3. The fraction of sp³-hybridized carbons (Fsp3) is 0.259. The number of fused-ring (bicyclic) bond motifs is 1. The maximum atomic E-state index is 13.2. The van der Waals surface area contributed by atoms with Crippen molar-refractivity contribution in [2.75, 3.05) is 12.3 Å². The summed E-state index contributed by atoms with van der Waals surface area (Å²) in [6.07, 6.45) is 0.769. The average molecular weight is 445 g/mol. The highest BCUT2D eigenvalue weighted by molar-refractivity contribution is 7.98. The number of hydrogen-bond donors (Lipinski definition) is 1. The fourth-order valence-electron chi connectivity index (χ4n) is 4.01. The summed E-state index contributed by atoms with van der Waals surface area (Å²) >= 11 is 1.69. The maximum Gasteiger partial charge on any atom is 0.255 e. The smallest absolute Gasteiger partial charge is 0.255 e. The molecule has 1 N–H and O–H groups in total. The van der Waals surface area contributed by atoms with Gasteiger partial charge in [-0.1, -0.05) is 78.4 Å². The lowest BCUT2D eigenvalue weighted by molar-refractivity contribution is -0.124. The molecular formula is C27H28N2O2S. The van der Waals surface area contributed by atoms with Gasteiger partial charge in [-0.05, 0) is 36.1 Å². The van der Waals surface area contributed by atoms with Crippen LogP contribution in [0.2, 0.25) is 0 Å². The number of carbonyl (C=O) groups is 2. The zero-order chi connectivity index (χ0) is 22.3. The molecule has 0 spiro atoms. The van der Waals surface area contributed by atoms with Gasteiger partial charge in [0.15, 0.2) is 0 Å². The van der Waals surface area contributed by atoms with Crippen molar-refractivity contribution < 1.29 is 9.59 Å². The van der Waals surface area contributed by atoms with Gasteiger partial charge in [-0.3, -0.25) is 9.59 Å². The standard InChI is InChI=1S/C27H28N2O2S/c1-20-8-7-11-21(16-20)14-15-28-26(30)25(19-32-18-22-9-3-2-4-10-22)29-17-23-12-5-6-13-24(23)27(29)31/h2-13,16,25H,14-15,17-19H2,1H3,(H,28,30)/t25-/m0/s1. The maximum absolute atomic E-state index is 13.2. The van der Waals surface area contributed by atoms with Crippen LogP contribution in [-0.2, 0) is 23.5 Å². The molecule has 2 amide bonds. The van der Waals surface area contributed by atoms with E-state index in [1.165, 1.54) is 16.7 Å². The van der Waals surface area contributed by atoms with Gasteiger partial charge in [-0.2, -0.15) is 11.8 Å². The third-order valence-electron chi connectivity index (χ3n) is 5.71. The molecule has 0 unspecified atom stereocenters. The highest BCUT2D eigenvalue weighted by Crippen LogP contribution is 2.26. The SMILES string of the molecule is Cc1cccc(CCNC(=O)[C@H](CSCc2ccccc2)N2Cc3ccccc3C2=O)c1. The first-order valence-electron chi connectivity index (χ1n) is 11.0. The van der Waals surface area contributed by atoms with Crippen molar-refractivity contribution in [3.8, 4) is 0 Å². The first-order valence-corrected chi connectivity index (χ1v) is 12.1. The second-order valence-electron chi connectivity index (χ2n) is 8.14. The van der Waals surface area contributed by atoms with Crippen molar-refractivity contribution in [2.24, 2.45) is 0 Å². The van der Waals surface area contributed by atoms with E-state index in [9.17, 15) is 9.59 Å². The van der Waals surface area contributed by atoms with E-state index in [4.69, 9.17) is 0 Å². The van der Waals surface area contributed by atoms with Gasteiger partial charge < -0.3 is 10.2 Å². The van der Waals surface area contributed by atoms with Crippen LogP contribution >= 0.6 is 11.8 Å². The highest BCUT2D eigenvalue weighted by Gasteiger charge is 2.35. The molecule has 0 aromatic heterocycles. The summed E-state index contributed by atoms with van der Waals surface area (Å²) in [6, 6.07) is 25.7. The molecule has 0 aliphatic carbocycles. The first-order chi connectivity index (χ1) is 15.6. The average Bonchev–Trinajstić information content (AvgIpc) is 3.14. The van der Waals surface area contributed by atoms with Crippen molar-refractivity contribution in [3.05, 3.63) is 107 Å². The molecule has 164 valence electrons. The van der Waals surface area contributed by atoms with Crippen LogP contribution in [0.25, 0.3) is 0 Å². The molecule has 0 bridgehead atoms. The van der Waals surface area contributed by atoms with E-state index < -0.39 is 6.04 Å². The van der Waals surface area contributed by atoms with Gasteiger partial charge >= 0.3 is 0 Å². The summed E-state index contributed by atoms with van der Waals surface area (Å²) in [7, 11) is 0. The Hall–Kier alpha value is -3.05. The van der Waals surface area contributed by atoms with Gasteiger partial charge in [0.25, 0.3) is 5.91 Å². The summed E-state index contributed by atoms with van der Waals surface area (Å²) in [6.45, 7) is 3.10. The molecule has 4 nitrogen and oxygen atoms in total. The van der Waals surface area contributed by atoms with E-state index in [2.05, 4.69) is 42.6 Å². The van der Waals surface area contributed by atoms with Crippen molar-refractivity contribution in [1.82, 2.24) is 10.2 Å². The number of nitrogens with one attached hydrogen (secondary N) is 1. The molecule has 32 heavy (non-hydrogen) atoms. The van der Waals surface area contributed by atoms with E-state index in [0.29, 0.717) is 24.4 Å². The predicted octanol–water partition coefficient (Wildman–Crippen LogP) is 4.61. The second kappa shape index (κ2) is 10.5. The molecule has 1 atom stereocenters. The Balaban J connectivity index is 1.41. The zero-order valence-corrected chi connectivity index (χ0v) is 19.1. The number of hydrogen-bond acceptors (Lipinski definition) is 3. The summed E-state index contributed by atoms with van der Waals surface area (Å²) < 4.78 is 0. The van der Waals surface area contributed by atoms with Gasteiger partial charge in [-0.15, -0.1) is 0 Å². The number of rotatable bonds is 9. The molecule has 0 fully saturated rings. The molecule has 1 aliphatic rings. The van der Waals surface area contributed by atoms with Crippen molar-refractivity contribution in [1.29, 1.82) is 0 Å². The van der Waals surface area contributed by atoms with Gasteiger partial charge in [0.1, 0.15) is 6.04 Å². The lowest BCUT2D eigenvalue weighted by Gasteiger charge is -2.27. The largest absolute Gasteiger partial charge is 0.354 e. The third-order valence-corrected chi connectivity index (χ3v) is 6.80. The molecule has 3 aromatic carbocycles. The van der Waals surface area contributed by atoms with E-state index in [1.54, 1.807) is 16.7 Å². The fourth-order valence-corrected chi connectivity index (χ4v) is 5.11. The number of aryl methyl sites for hydroxylation is 1. The van der Waals surface area contributed by atoms with Crippen LogP contribution in [-0.4, -0.2) is 35.1 Å². The van der Waals surface area contributed by atoms with Gasteiger partial charge in [0, 0.05) is 30.2 Å². The minimum absolute atomic E-state index is 0.0558. The van der Waals surface area contributed by atoms with Crippen LogP contribution in [0.15, 0.2) is 78.9 Å². The van der Waals surface area contributed by atoms with E-state index in [-0.39, 0.29) is 11.8 Å². The Labute approximate surface area is 194 Å². The number of benzene rings is 3. The van der Waals surface area contributed by atoms with Crippen LogP contribution in [0.3, 0.4) is 0 Å². The number of nitrogens with zero attached hydrogens (tertiary/aromatic N) is 1. The number of amides is 2. The molecule has 1 heterocycles. The van der Waals surface area contributed by atoms with Crippen molar-refractivity contribution in [2.45, 2.75) is 31.7 Å². The first kappa shape index (κ1) is 22.2. The monoisotopic (exact) mass is 444 g/mol. The molecule has 3 aromatic rings.